The molecule has 7 heteroatoms. The van der Waals surface area contributed by atoms with Crippen molar-refractivity contribution in [3.63, 3.8) is 0 Å². The van der Waals surface area contributed by atoms with Gasteiger partial charge in [-0.25, -0.2) is 4.79 Å². The molecule has 0 N–H and O–H groups in total. The Labute approximate surface area is 187 Å². The van der Waals surface area contributed by atoms with E-state index in [-0.39, 0.29) is 22.3 Å². The molecule has 3 fully saturated rings. The van der Waals surface area contributed by atoms with Crippen molar-refractivity contribution in [2.45, 2.75) is 53.8 Å². The molecule has 0 radical (unpaired) electrons. The first-order valence-electron chi connectivity index (χ1n) is 9.88. The van der Waals surface area contributed by atoms with Crippen LogP contribution in [-0.2, 0) is 14.9 Å². The first-order valence-corrected chi connectivity index (χ1v) is 12.0. The second-order valence-corrected chi connectivity index (χ2v) is 11.3. The zero-order valence-corrected chi connectivity index (χ0v) is 19.9. The molecule has 1 aromatic rings. The average Bonchev–Trinajstić information content (AvgIpc) is 3.18. The van der Waals surface area contributed by atoms with Gasteiger partial charge in [0.15, 0.2) is 4.87 Å². The summed E-state index contributed by atoms with van der Waals surface area (Å²) >= 11 is 14.9. The molecular formula is C21H23Br2ClN2O2. The van der Waals surface area contributed by atoms with E-state index in [1.54, 1.807) is 0 Å². The molecule has 5 rings (SSSR count). The summed E-state index contributed by atoms with van der Waals surface area (Å²) in [5.74, 6) is -0.380. The van der Waals surface area contributed by atoms with Gasteiger partial charge in [0.25, 0.3) is 0 Å². The van der Waals surface area contributed by atoms with Gasteiger partial charge < -0.3 is 4.74 Å². The number of ether oxygens (including phenoxy) is 1. The van der Waals surface area contributed by atoms with Crippen LogP contribution in [0.15, 0.2) is 27.7 Å². The van der Waals surface area contributed by atoms with Gasteiger partial charge in [0.2, 0.25) is 0 Å². The number of alkyl halides is 2. The Balaban J connectivity index is 1.85. The number of halogens is 3. The third-order valence-electron chi connectivity index (χ3n) is 7.60. The zero-order chi connectivity index (χ0) is 19.9. The van der Waals surface area contributed by atoms with Crippen LogP contribution in [0.25, 0.3) is 0 Å². The van der Waals surface area contributed by atoms with Gasteiger partial charge in [0.1, 0.15) is 0 Å². The zero-order valence-electron chi connectivity index (χ0n) is 16.0. The van der Waals surface area contributed by atoms with E-state index < -0.39 is 10.3 Å². The Morgan fingerprint density at radius 2 is 2.25 bits per heavy atom. The summed E-state index contributed by atoms with van der Waals surface area (Å²) in [5, 5.41) is 0. The predicted molar refractivity (Wildman–Crippen MR) is 118 cm³/mol. The van der Waals surface area contributed by atoms with Crippen LogP contribution in [0.1, 0.15) is 38.2 Å². The van der Waals surface area contributed by atoms with E-state index in [4.69, 9.17) is 21.3 Å². The summed E-state index contributed by atoms with van der Waals surface area (Å²) in [7, 11) is 1.43. The number of nitrogens with zero attached hydrogens (tertiary/aromatic N) is 2. The standard InChI is InChI=1S/C21H23Br2ClN2O2/c1-3-19-7-4-8-26-10-15(23)21(17(19)26)13-9-12(22)5-6-14(13)25-16(21)20(24,11-19)18(27)28-2/h5-6,9,15,17H,3-4,7-8,10-11H2,1-2H3/t15-,17+,19+,20-,21-/m1/s1. The maximum atomic E-state index is 13.1. The van der Waals surface area contributed by atoms with Crippen LogP contribution in [0.4, 0.5) is 5.69 Å². The summed E-state index contributed by atoms with van der Waals surface area (Å²) in [6.07, 6.45) is 3.78. The van der Waals surface area contributed by atoms with E-state index in [0.717, 1.165) is 48.2 Å². The minimum Gasteiger partial charge on any atom is -0.467 e. The number of carbonyl (C=O) groups excluding carboxylic acids is 1. The number of benzene rings is 1. The monoisotopic (exact) mass is 528 g/mol. The van der Waals surface area contributed by atoms with Crippen molar-refractivity contribution in [1.29, 1.82) is 0 Å². The quantitative estimate of drug-likeness (QED) is 0.401. The van der Waals surface area contributed by atoms with E-state index in [2.05, 4.69) is 49.7 Å². The molecule has 150 valence electrons. The molecule has 1 saturated carbocycles. The fourth-order valence-electron chi connectivity index (χ4n) is 6.64. The Bertz CT molecular complexity index is 908. The molecule has 0 aromatic heterocycles. The molecule has 3 heterocycles. The normalized spacial score (nSPS) is 41.1. The van der Waals surface area contributed by atoms with Gasteiger partial charge in [-0.2, -0.15) is 0 Å². The topological polar surface area (TPSA) is 41.9 Å². The van der Waals surface area contributed by atoms with E-state index in [1.165, 1.54) is 12.7 Å². The molecule has 4 aliphatic rings. The first-order chi connectivity index (χ1) is 13.3. The summed E-state index contributed by atoms with van der Waals surface area (Å²) in [4.78, 5) is 19.6. The molecule has 0 amide bonds. The van der Waals surface area contributed by atoms with Crippen molar-refractivity contribution in [2.75, 3.05) is 20.2 Å². The molecule has 28 heavy (non-hydrogen) atoms. The van der Waals surface area contributed by atoms with Crippen LogP contribution in [-0.4, -0.2) is 52.5 Å². The number of esters is 1. The highest BCUT2D eigenvalue weighted by atomic mass is 79.9. The molecule has 1 aromatic carbocycles. The number of piperidine rings is 1. The van der Waals surface area contributed by atoms with Gasteiger partial charge in [-0.15, -0.1) is 0 Å². The van der Waals surface area contributed by atoms with E-state index in [9.17, 15) is 4.79 Å². The summed E-state index contributed by atoms with van der Waals surface area (Å²) < 4.78 is 6.27. The minimum absolute atomic E-state index is 0.0420. The van der Waals surface area contributed by atoms with E-state index >= 15 is 0 Å². The highest BCUT2D eigenvalue weighted by Gasteiger charge is 2.75. The number of hydrogen-bond donors (Lipinski definition) is 0. The van der Waals surface area contributed by atoms with Gasteiger partial charge in [-0.3, -0.25) is 9.89 Å². The van der Waals surface area contributed by atoms with Crippen LogP contribution in [0.5, 0.6) is 0 Å². The fraction of sp³-hybridized carbons (Fsp3) is 0.619. The lowest BCUT2D eigenvalue weighted by Crippen LogP contribution is -2.70. The van der Waals surface area contributed by atoms with E-state index in [1.807, 2.05) is 12.1 Å². The molecule has 3 aliphatic heterocycles. The average molecular weight is 531 g/mol. The molecule has 0 bridgehead atoms. The number of aliphatic imine (C=N–C) groups is 1. The third kappa shape index (κ3) is 2.16. The van der Waals surface area contributed by atoms with Gasteiger partial charge in [0, 0.05) is 21.9 Å². The molecular weight excluding hydrogens is 508 g/mol. The number of methoxy groups -OCH3 is 1. The molecule has 2 saturated heterocycles. The fourth-order valence-corrected chi connectivity index (χ4v) is 8.63. The van der Waals surface area contributed by atoms with Crippen molar-refractivity contribution in [2.24, 2.45) is 10.4 Å². The van der Waals surface area contributed by atoms with Gasteiger partial charge >= 0.3 is 5.97 Å². The van der Waals surface area contributed by atoms with Crippen molar-refractivity contribution in [3.05, 3.63) is 28.2 Å². The van der Waals surface area contributed by atoms with Gasteiger partial charge in [-0.05, 0) is 61.4 Å². The molecule has 1 aliphatic carbocycles. The number of rotatable bonds is 2. The van der Waals surface area contributed by atoms with Crippen molar-refractivity contribution in [1.82, 2.24) is 4.90 Å². The molecule has 5 atom stereocenters. The van der Waals surface area contributed by atoms with Gasteiger partial charge in [-0.1, -0.05) is 50.4 Å². The number of carbonyl (C=O) groups is 1. The maximum Gasteiger partial charge on any atom is 0.332 e. The number of fused-ring (bicyclic) bond motifs is 1. The summed E-state index contributed by atoms with van der Waals surface area (Å²) in [6, 6.07) is 6.51. The highest BCUT2D eigenvalue weighted by Crippen LogP contribution is 2.67. The van der Waals surface area contributed by atoms with Crippen LogP contribution in [0, 0.1) is 5.41 Å². The van der Waals surface area contributed by atoms with Crippen molar-refractivity contribution >= 4 is 60.8 Å². The van der Waals surface area contributed by atoms with Crippen LogP contribution >= 0.6 is 43.5 Å². The molecule has 0 unspecified atom stereocenters. The molecule has 1 spiro atoms. The maximum absolute atomic E-state index is 13.1. The van der Waals surface area contributed by atoms with Crippen LogP contribution < -0.4 is 0 Å². The van der Waals surface area contributed by atoms with Crippen molar-refractivity contribution in [3.8, 4) is 0 Å². The summed E-state index contributed by atoms with van der Waals surface area (Å²) in [6.45, 7) is 4.26. The predicted octanol–water partition coefficient (Wildman–Crippen LogP) is 4.97. The Hall–Kier alpha value is -0.430. The Morgan fingerprint density at radius 1 is 1.46 bits per heavy atom. The summed E-state index contributed by atoms with van der Waals surface area (Å²) in [5.41, 5.74) is 2.43. The lowest BCUT2D eigenvalue weighted by atomic mass is 9.50. The number of hydrogen-bond acceptors (Lipinski definition) is 4. The van der Waals surface area contributed by atoms with Gasteiger partial charge in [0.05, 0.1) is 23.9 Å². The lowest BCUT2D eigenvalue weighted by Gasteiger charge is -2.59. The smallest absolute Gasteiger partial charge is 0.332 e. The molecule has 4 nitrogen and oxygen atoms in total. The van der Waals surface area contributed by atoms with E-state index in [0.29, 0.717) is 6.42 Å². The Kier molecular flexibility index (Phi) is 4.38. The third-order valence-corrected chi connectivity index (χ3v) is 9.57. The van der Waals surface area contributed by atoms with Crippen LogP contribution in [0.3, 0.4) is 0 Å². The second-order valence-electron chi connectivity index (χ2n) is 8.64. The lowest BCUT2D eigenvalue weighted by molar-refractivity contribution is -0.144. The van der Waals surface area contributed by atoms with Crippen molar-refractivity contribution < 1.29 is 9.53 Å². The first kappa shape index (κ1) is 19.5. The Morgan fingerprint density at radius 3 is 2.96 bits per heavy atom. The highest BCUT2D eigenvalue weighted by molar-refractivity contribution is 9.10. The second kappa shape index (κ2) is 6.29. The largest absolute Gasteiger partial charge is 0.467 e. The minimum atomic E-state index is -1.23. The SMILES string of the molecule is CC[C@]12CCCN3C[C@@H](Br)[C@]4(C(=Nc5ccc(Br)cc54)[C@@](Cl)(C(=O)OC)C1)[C@@H]32. The van der Waals surface area contributed by atoms with Crippen LogP contribution in [0.2, 0.25) is 0 Å².